The van der Waals surface area contributed by atoms with Crippen molar-refractivity contribution in [1.29, 1.82) is 0 Å². The Morgan fingerprint density at radius 1 is 0.561 bits per heavy atom. The van der Waals surface area contributed by atoms with Crippen LogP contribution < -0.4 is 4.89 Å². The molecule has 0 radical (unpaired) electrons. The molecule has 332 valence electrons. The summed E-state index contributed by atoms with van der Waals surface area (Å²) >= 11 is 0. The Morgan fingerprint density at radius 3 is 1.51 bits per heavy atom. The number of carbonyl (C=O) groups is 2. The number of likely N-dealkylation sites (N-methyl/N-ethyl adjacent to an activating group) is 1. The van der Waals surface area contributed by atoms with Gasteiger partial charge in [0.2, 0.25) is 0 Å². The predicted molar refractivity (Wildman–Crippen MR) is 236 cm³/mol. The molecule has 57 heavy (non-hydrogen) atoms. The SMILES string of the molecule is CC/C=C\C/C=C\C/C=C\CCCCCCCCCC(=O)OC(COC(=O)CCCCCCC/C=C\CCCCCCCCC)COP(=O)([O-])OCC[N+](C)(C)C. The van der Waals surface area contributed by atoms with Gasteiger partial charge in [0.05, 0.1) is 27.7 Å². The molecule has 0 rings (SSSR count). The van der Waals surface area contributed by atoms with Crippen LogP contribution in [0.5, 0.6) is 0 Å². The van der Waals surface area contributed by atoms with Crippen molar-refractivity contribution >= 4 is 19.8 Å². The molecule has 0 aliphatic rings. The lowest BCUT2D eigenvalue weighted by molar-refractivity contribution is -0.870. The van der Waals surface area contributed by atoms with E-state index in [1.807, 2.05) is 21.1 Å². The van der Waals surface area contributed by atoms with E-state index in [0.29, 0.717) is 17.4 Å². The minimum absolute atomic E-state index is 0.0355. The minimum Gasteiger partial charge on any atom is -0.756 e. The summed E-state index contributed by atoms with van der Waals surface area (Å²) in [6.45, 7) is 4.09. The first-order valence-corrected chi connectivity index (χ1v) is 24.3. The fraction of sp³-hybridized carbons (Fsp3) is 0.787. The van der Waals surface area contributed by atoms with E-state index in [-0.39, 0.29) is 26.1 Å². The van der Waals surface area contributed by atoms with E-state index in [9.17, 15) is 19.0 Å². The molecule has 0 fully saturated rings. The predicted octanol–water partition coefficient (Wildman–Crippen LogP) is 12.4. The Balaban J connectivity index is 4.36. The zero-order chi connectivity index (χ0) is 42.1. The zero-order valence-electron chi connectivity index (χ0n) is 37.3. The Labute approximate surface area is 350 Å². The quantitative estimate of drug-likeness (QED) is 0.0197. The van der Waals surface area contributed by atoms with Crippen molar-refractivity contribution in [3.05, 3.63) is 48.6 Å². The largest absolute Gasteiger partial charge is 0.756 e. The van der Waals surface area contributed by atoms with Crippen molar-refractivity contribution in [2.24, 2.45) is 0 Å². The number of phosphoric acid groups is 1. The topological polar surface area (TPSA) is 111 Å². The van der Waals surface area contributed by atoms with Gasteiger partial charge >= 0.3 is 11.9 Å². The van der Waals surface area contributed by atoms with Crippen molar-refractivity contribution in [3.8, 4) is 0 Å². The Bertz CT molecular complexity index is 1110. The summed E-state index contributed by atoms with van der Waals surface area (Å²) in [5, 5.41) is 0. The molecule has 0 aliphatic heterocycles. The van der Waals surface area contributed by atoms with Gasteiger partial charge in [-0.2, -0.15) is 0 Å². The van der Waals surface area contributed by atoms with Gasteiger partial charge in [0.1, 0.15) is 19.8 Å². The van der Waals surface area contributed by atoms with Crippen molar-refractivity contribution in [2.75, 3.05) is 47.5 Å². The molecule has 0 aromatic rings. The molecule has 0 aromatic heterocycles. The van der Waals surface area contributed by atoms with Crippen LogP contribution in [0.15, 0.2) is 48.6 Å². The molecule has 0 spiro atoms. The molecule has 0 bridgehead atoms. The van der Waals surface area contributed by atoms with Crippen LogP contribution in [-0.4, -0.2) is 70.0 Å². The third-order valence-electron chi connectivity index (χ3n) is 9.58. The molecule has 9 nitrogen and oxygen atoms in total. The zero-order valence-corrected chi connectivity index (χ0v) is 38.2. The van der Waals surface area contributed by atoms with Crippen molar-refractivity contribution in [1.82, 2.24) is 0 Å². The second-order valence-electron chi connectivity index (χ2n) is 16.4. The van der Waals surface area contributed by atoms with Gasteiger partial charge in [0.15, 0.2) is 6.10 Å². The first-order chi connectivity index (χ1) is 27.5. The van der Waals surface area contributed by atoms with Crippen LogP contribution in [0.25, 0.3) is 0 Å². The molecule has 2 atom stereocenters. The van der Waals surface area contributed by atoms with Gasteiger partial charge in [-0.05, 0) is 70.6 Å². The average molecular weight is 824 g/mol. The highest BCUT2D eigenvalue weighted by Gasteiger charge is 2.21. The van der Waals surface area contributed by atoms with Gasteiger partial charge in [-0.3, -0.25) is 14.2 Å². The van der Waals surface area contributed by atoms with E-state index in [4.69, 9.17) is 18.5 Å². The fourth-order valence-corrected chi connectivity index (χ4v) is 6.74. The van der Waals surface area contributed by atoms with Crippen LogP contribution in [0.3, 0.4) is 0 Å². The lowest BCUT2D eigenvalue weighted by atomic mass is 10.1. The lowest BCUT2D eigenvalue weighted by Crippen LogP contribution is -2.37. The van der Waals surface area contributed by atoms with Crippen LogP contribution in [0, 0.1) is 0 Å². The standard InChI is InChI=1S/C47H86NO8P/c1-6-8-10-12-14-16-18-20-22-24-26-28-30-32-34-36-38-40-47(50)56-45(44-55-57(51,52)54-42-41-48(3,4)5)43-53-46(49)39-37-35-33-31-29-27-25-23-21-19-17-15-13-11-9-7-2/h8,10,14,16,20,22-23,25,45H,6-7,9,11-13,15,17-19,21,24,26-44H2,1-5H3/b10-8-,16-14-,22-20-,25-23-. The average Bonchev–Trinajstić information content (AvgIpc) is 3.16. The van der Waals surface area contributed by atoms with Crippen molar-refractivity contribution in [2.45, 2.75) is 193 Å². The minimum atomic E-state index is -4.63. The van der Waals surface area contributed by atoms with Crippen molar-refractivity contribution < 1.29 is 42.1 Å². The first kappa shape index (κ1) is 55.0. The molecule has 0 amide bonds. The number of phosphoric ester groups is 1. The number of unbranched alkanes of at least 4 members (excludes halogenated alkanes) is 19. The molecule has 0 saturated carbocycles. The maximum atomic E-state index is 12.7. The van der Waals surface area contributed by atoms with Crippen LogP contribution >= 0.6 is 7.82 Å². The third-order valence-corrected chi connectivity index (χ3v) is 10.5. The molecule has 0 heterocycles. The summed E-state index contributed by atoms with van der Waals surface area (Å²) in [7, 11) is 1.15. The Hall–Kier alpha value is -2.03. The molecule has 0 aliphatic carbocycles. The summed E-state index contributed by atoms with van der Waals surface area (Å²) < 4.78 is 33.9. The number of hydrogen-bond acceptors (Lipinski definition) is 8. The van der Waals surface area contributed by atoms with Gasteiger partial charge in [-0.1, -0.05) is 152 Å². The summed E-state index contributed by atoms with van der Waals surface area (Å²) in [5.41, 5.74) is 0. The number of carbonyl (C=O) groups excluding carboxylic acids is 2. The van der Waals surface area contributed by atoms with Crippen molar-refractivity contribution in [3.63, 3.8) is 0 Å². The Morgan fingerprint density at radius 2 is 1.00 bits per heavy atom. The number of esters is 2. The molecule has 0 N–H and O–H groups in total. The first-order valence-electron chi connectivity index (χ1n) is 22.8. The van der Waals surface area contributed by atoms with Gasteiger partial charge in [0.25, 0.3) is 7.82 Å². The summed E-state index contributed by atoms with van der Waals surface area (Å²) in [6, 6.07) is 0. The highest BCUT2D eigenvalue weighted by atomic mass is 31.2. The summed E-state index contributed by atoms with van der Waals surface area (Å²) in [6.07, 6.45) is 45.6. The molecular weight excluding hydrogens is 737 g/mol. The van der Waals surface area contributed by atoms with Gasteiger partial charge in [-0.15, -0.1) is 0 Å². The van der Waals surface area contributed by atoms with Crippen LogP contribution in [-0.2, 0) is 32.7 Å². The van der Waals surface area contributed by atoms with Gasteiger partial charge in [-0.25, -0.2) is 0 Å². The van der Waals surface area contributed by atoms with E-state index >= 15 is 0 Å². The molecular formula is C47H86NO8P. The highest BCUT2D eigenvalue weighted by Crippen LogP contribution is 2.38. The molecule has 0 saturated heterocycles. The Kier molecular flexibility index (Phi) is 38.0. The molecule has 2 unspecified atom stereocenters. The van der Waals surface area contributed by atoms with E-state index in [1.165, 1.54) is 70.6 Å². The maximum absolute atomic E-state index is 12.7. The van der Waals surface area contributed by atoms with E-state index in [0.717, 1.165) is 83.5 Å². The second-order valence-corrected chi connectivity index (χ2v) is 17.8. The van der Waals surface area contributed by atoms with Crippen LogP contribution in [0.4, 0.5) is 0 Å². The maximum Gasteiger partial charge on any atom is 0.306 e. The third kappa shape index (κ3) is 43.4. The number of rotatable bonds is 41. The van der Waals surface area contributed by atoms with E-state index in [2.05, 4.69) is 62.5 Å². The van der Waals surface area contributed by atoms with Gasteiger partial charge in [0, 0.05) is 12.8 Å². The smallest absolute Gasteiger partial charge is 0.306 e. The van der Waals surface area contributed by atoms with E-state index in [1.54, 1.807) is 0 Å². The summed E-state index contributed by atoms with van der Waals surface area (Å²) in [5.74, 6) is -0.855. The molecule has 0 aromatic carbocycles. The normalized spacial score (nSPS) is 14.0. The summed E-state index contributed by atoms with van der Waals surface area (Å²) in [4.78, 5) is 37.6. The monoisotopic (exact) mass is 824 g/mol. The van der Waals surface area contributed by atoms with Crippen LogP contribution in [0.2, 0.25) is 0 Å². The number of nitrogens with zero attached hydrogens (tertiary/aromatic N) is 1. The molecule has 10 heteroatoms. The second kappa shape index (κ2) is 39.4. The highest BCUT2D eigenvalue weighted by molar-refractivity contribution is 7.45. The lowest BCUT2D eigenvalue weighted by Gasteiger charge is -2.28. The number of ether oxygens (including phenoxy) is 2. The number of allylic oxidation sites excluding steroid dienone is 8. The van der Waals surface area contributed by atoms with Gasteiger partial charge < -0.3 is 27.9 Å². The number of quaternary nitrogens is 1. The number of hydrogen-bond donors (Lipinski definition) is 0. The van der Waals surface area contributed by atoms with Crippen LogP contribution in [0.1, 0.15) is 187 Å². The fourth-order valence-electron chi connectivity index (χ4n) is 6.02. The van der Waals surface area contributed by atoms with E-state index < -0.39 is 32.5 Å².